The van der Waals surface area contributed by atoms with Gasteiger partial charge in [-0.15, -0.1) is 0 Å². The zero-order valence-electron chi connectivity index (χ0n) is 7.95. The summed E-state index contributed by atoms with van der Waals surface area (Å²) >= 11 is 0. The van der Waals surface area contributed by atoms with Crippen LogP contribution in [-0.4, -0.2) is 23.9 Å². The highest BCUT2D eigenvalue weighted by Gasteiger charge is 2.08. The molecule has 6 nitrogen and oxygen atoms in total. The molecule has 2 heterocycles. The molecule has 0 aromatic rings. The molecule has 0 radical (unpaired) electrons. The van der Waals surface area contributed by atoms with Crippen LogP contribution in [0.1, 0.15) is 0 Å². The molecule has 2 aliphatic heterocycles. The molecule has 0 spiro atoms. The molecule has 6 heteroatoms. The molecule has 0 saturated carbocycles. The van der Waals surface area contributed by atoms with E-state index in [0.29, 0.717) is 0 Å². The van der Waals surface area contributed by atoms with Crippen LogP contribution in [0.5, 0.6) is 0 Å². The fourth-order valence-electron chi connectivity index (χ4n) is 0.720. The first kappa shape index (κ1) is 10.8. The highest BCUT2D eigenvalue weighted by atomic mass is 16.6. The Morgan fingerprint density at radius 2 is 2.20 bits per heavy atom. The normalized spacial score (nSPS) is 16.1. The first-order valence-electron chi connectivity index (χ1n) is 4.16. The molecule has 2 rings (SSSR count). The lowest BCUT2D eigenvalue weighted by atomic mass is 10.5. The lowest BCUT2D eigenvalue weighted by Gasteiger charge is -2.05. The monoisotopic (exact) mass is 209 g/mol. The molecule has 0 saturated heterocycles. The van der Waals surface area contributed by atoms with E-state index in [2.05, 4.69) is 14.7 Å². The van der Waals surface area contributed by atoms with Crippen molar-refractivity contribution in [2.24, 2.45) is 10.9 Å². The Labute approximate surface area is 86.9 Å². The van der Waals surface area contributed by atoms with Crippen LogP contribution in [0.4, 0.5) is 4.79 Å². The first-order chi connectivity index (χ1) is 7.30. The number of ether oxygens (including phenoxy) is 1. The predicted molar refractivity (Wildman–Crippen MR) is 54.4 cm³/mol. The summed E-state index contributed by atoms with van der Waals surface area (Å²) in [4.78, 5) is 16.0. The molecule has 15 heavy (non-hydrogen) atoms. The molecule has 0 fully saturated rings. The van der Waals surface area contributed by atoms with Gasteiger partial charge in [0.05, 0.1) is 6.21 Å². The molecule has 0 atom stereocenters. The van der Waals surface area contributed by atoms with Crippen LogP contribution in [0, 0.1) is 0 Å². The Hall–Kier alpha value is -2.24. The minimum absolute atomic E-state index is 0.245. The van der Waals surface area contributed by atoms with Crippen molar-refractivity contribution < 1.29 is 14.4 Å². The van der Waals surface area contributed by atoms with Crippen LogP contribution < -0.4 is 5.73 Å². The third kappa shape index (κ3) is 4.51. The second-order valence-electron chi connectivity index (χ2n) is 2.46. The van der Waals surface area contributed by atoms with Gasteiger partial charge in [0.2, 0.25) is 0 Å². The number of carbonyl (C=O) groups excluding carboxylic acids is 1. The Balaban J connectivity index is 0.000000151. The summed E-state index contributed by atoms with van der Waals surface area (Å²) in [5, 5.41) is 3.47. The second kappa shape index (κ2) is 6.25. The molecule has 2 N–H and O–H groups in total. The number of oxime groups is 1. The molecule has 80 valence electrons. The average molecular weight is 209 g/mol. The summed E-state index contributed by atoms with van der Waals surface area (Å²) in [5.41, 5.74) is 4.85. The van der Waals surface area contributed by atoms with Crippen molar-refractivity contribution in [1.82, 2.24) is 4.90 Å². The van der Waals surface area contributed by atoms with E-state index >= 15 is 0 Å². The summed E-state index contributed by atoms with van der Waals surface area (Å²) < 4.78 is 4.66. The van der Waals surface area contributed by atoms with Gasteiger partial charge in [-0.25, -0.2) is 4.79 Å². The zero-order chi connectivity index (χ0) is 10.9. The lowest BCUT2D eigenvalue weighted by Crippen LogP contribution is -2.29. The Kier molecular flexibility index (Phi) is 4.52. The van der Waals surface area contributed by atoms with Crippen molar-refractivity contribution in [3.8, 4) is 0 Å². The van der Waals surface area contributed by atoms with Gasteiger partial charge < -0.3 is 15.3 Å². The number of allylic oxidation sites excluding steroid dienone is 3. The highest BCUT2D eigenvalue weighted by Crippen LogP contribution is 1.97. The number of primary amides is 1. The van der Waals surface area contributed by atoms with Crippen LogP contribution in [0.3, 0.4) is 0 Å². The van der Waals surface area contributed by atoms with Crippen molar-refractivity contribution in [2.45, 2.75) is 0 Å². The van der Waals surface area contributed by atoms with Crippen LogP contribution in [0.2, 0.25) is 0 Å². The maximum absolute atomic E-state index is 10.2. The summed E-state index contributed by atoms with van der Waals surface area (Å²) in [6.07, 6.45) is 11.4. The minimum atomic E-state index is -0.487. The van der Waals surface area contributed by atoms with Gasteiger partial charge in [0, 0.05) is 6.20 Å². The number of amides is 2. The first-order valence-corrected chi connectivity index (χ1v) is 4.16. The van der Waals surface area contributed by atoms with Gasteiger partial charge in [-0.2, -0.15) is 0 Å². The highest BCUT2D eigenvalue weighted by molar-refractivity contribution is 5.73. The molecule has 0 unspecified atom stereocenters. The summed E-state index contributed by atoms with van der Waals surface area (Å²) in [5.74, 6) is 0. The topological polar surface area (TPSA) is 77.2 Å². The van der Waals surface area contributed by atoms with Crippen LogP contribution in [0.25, 0.3) is 0 Å². The van der Waals surface area contributed by atoms with Crippen LogP contribution >= 0.6 is 0 Å². The Morgan fingerprint density at radius 3 is 2.80 bits per heavy atom. The largest absolute Gasteiger partial charge is 0.479 e. The third-order valence-electron chi connectivity index (χ3n) is 1.40. The Bertz CT molecular complexity index is 307. The van der Waals surface area contributed by atoms with E-state index in [1.54, 1.807) is 18.4 Å². The summed E-state index contributed by atoms with van der Waals surface area (Å²) in [6.45, 7) is 0.245. The molecule has 0 aromatic carbocycles. The van der Waals surface area contributed by atoms with Gasteiger partial charge in [0.25, 0.3) is 0 Å². The maximum atomic E-state index is 10.2. The number of hydrogen-bond donors (Lipinski definition) is 1. The third-order valence-corrected chi connectivity index (χ3v) is 1.40. The van der Waals surface area contributed by atoms with Gasteiger partial charge in [0.1, 0.15) is 12.5 Å². The molecular formula is C9H11N3O3. The maximum Gasteiger partial charge on any atom is 0.321 e. The van der Waals surface area contributed by atoms with E-state index in [0.717, 1.165) is 0 Å². The molecular weight excluding hydrogens is 198 g/mol. The van der Waals surface area contributed by atoms with E-state index in [1.807, 2.05) is 6.08 Å². The fourth-order valence-corrected chi connectivity index (χ4v) is 0.720. The van der Waals surface area contributed by atoms with Gasteiger partial charge >= 0.3 is 6.03 Å². The number of rotatable bonds is 0. The smallest absolute Gasteiger partial charge is 0.321 e. The van der Waals surface area contributed by atoms with Gasteiger partial charge in [-0.3, -0.25) is 4.90 Å². The number of hydrogen-bond acceptors (Lipinski definition) is 4. The van der Waals surface area contributed by atoms with Crippen molar-refractivity contribution in [3.63, 3.8) is 0 Å². The van der Waals surface area contributed by atoms with Crippen LogP contribution in [-0.2, 0) is 9.57 Å². The SMILES string of the molecule is C1=CC=NOC=C1.NC(=O)N1C=COC1. The minimum Gasteiger partial charge on any atom is -0.479 e. The Morgan fingerprint density at radius 1 is 1.33 bits per heavy atom. The van der Waals surface area contributed by atoms with Crippen LogP contribution in [0.15, 0.2) is 42.1 Å². The number of urea groups is 1. The number of carbonyl (C=O) groups is 1. The van der Waals surface area contributed by atoms with E-state index in [-0.39, 0.29) is 6.73 Å². The summed E-state index contributed by atoms with van der Waals surface area (Å²) in [6, 6.07) is -0.487. The van der Waals surface area contributed by atoms with E-state index in [4.69, 9.17) is 5.73 Å². The molecule has 2 amide bonds. The molecule has 0 aliphatic carbocycles. The molecule has 0 bridgehead atoms. The van der Waals surface area contributed by atoms with E-state index in [1.165, 1.54) is 23.6 Å². The number of nitrogens with zero attached hydrogens (tertiary/aromatic N) is 2. The molecule has 2 aliphatic rings. The van der Waals surface area contributed by atoms with Crippen molar-refractivity contribution >= 4 is 12.2 Å². The molecule has 0 aromatic heterocycles. The predicted octanol–water partition coefficient (Wildman–Crippen LogP) is 0.898. The standard InChI is InChI=1S/C5H5NO.C4H6N2O2/c1-2-4-6-7-5-3-1;5-4(7)6-1-2-8-3-6/h1-5H;1-2H,3H2,(H2,5,7). The van der Waals surface area contributed by atoms with Gasteiger partial charge in [-0.1, -0.05) is 11.2 Å². The van der Waals surface area contributed by atoms with Crippen molar-refractivity contribution in [1.29, 1.82) is 0 Å². The van der Waals surface area contributed by atoms with E-state index < -0.39 is 6.03 Å². The van der Waals surface area contributed by atoms with Crippen molar-refractivity contribution in [3.05, 3.63) is 37.0 Å². The van der Waals surface area contributed by atoms with E-state index in [9.17, 15) is 4.79 Å². The zero-order valence-corrected chi connectivity index (χ0v) is 7.95. The quantitative estimate of drug-likeness (QED) is 0.643. The number of nitrogens with two attached hydrogens (primary N) is 1. The average Bonchev–Trinajstić information content (AvgIpc) is 2.60. The summed E-state index contributed by atoms with van der Waals surface area (Å²) in [7, 11) is 0. The lowest BCUT2D eigenvalue weighted by molar-refractivity contribution is 0.172. The van der Waals surface area contributed by atoms with Gasteiger partial charge in [0.15, 0.2) is 6.73 Å². The second-order valence-corrected chi connectivity index (χ2v) is 2.46. The van der Waals surface area contributed by atoms with Crippen molar-refractivity contribution in [2.75, 3.05) is 6.73 Å². The fraction of sp³-hybridized carbons (Fsp3) is 0.111. The van der Waals surface area contributed by atoms with Gasteiger partial charge in [-0.05, 0) is 12.2 Å².